The monoisotopic (exact) mass is 388 g/mol. The van der Waals surface area contributed by atoms with Gasteiger partial charge in [0.2, 0.25) is 5.91 Å². The lowest BCUT2D eigenvalue weighted by molar-refractivity contribution is -0.139. The summed E-state index contributed by atoms with van der Waals surface area (Å²) >= 11 is 0. The van der Waals surface area contributed by atoms with Gasteiger partial charge in [-0.3, -0.25) is 9.59 Å². The lowest BCUT2D eigenvalue weighted by atomic mass is 9.94. The number of carboxylic acid groups (broad SMARTS) is 1. The zero-order valence-corrected chi connectivity index (χ0v) is 16.0. The number of hydrogen-bond donors (Lipinski definition) is 2. The molecule has 1 fully saturated rings. The molecule has 1 unspecified atom stereocenters. The Labute approximate surface area is 162 Å². The fraction of sp³-hybridized carbons (Fsp3) is 0.450. The van der Waals surface area contributed by atoms with Crippen molar-refractivity contribution in [1.29, 1.82) is 0 Å². The van der Waals surface area contributed by atoms with Crippen LogP contribution in [0.2, 0.25) is 0 Å². The summed E-state index contributed by atoms with van der Waals surface area (Å²) in [6.45, 7) is 4.74. The van der Waals surface area contributed by atoms with Gasteiger partial charge in [-0.15, -0.1) is 0 Å². The number of carboxylic acids is 1. The van der Waals surface area contributed by atoms with Crippen LogP contribution < -0.4 is 10.1 Å². The summed E-state index contributed by atoms with van der Waals surface area (Å²) < 4.78 is 16.2. The van der Waals surface area contributed by atoms with Crippen molar-refractivity contribution in [2.75, 3.05) is 13.2 Å². The molecule has 1 saturated heterocycles. The zero-order valence-electron chi connectivity index (χ0n) is 16.0. The molecule has 2 aromatic rings. The van der Waals surface area contributed by atoms with Crippen molar-refractivity contribution < 1.29 is 28.7 Å². The first-order chi connectivity index (χ1) is 13.4. The number of aryl methyl sites for hydroxylation is 2. The number of nitrogens with zero attached hydrogens (tertiary/aromatic N) is 1. The number of amides is 1. The Bertz CT molecular complexity index is 817. The summed E-state index contributed by atoms with van der Waals surface area (Å²) in [5.41, 5.74) is 1.72. The van der Waals surface area contributed by atoms with Crippen LogP contribution in [0.5, 0.6) is 5.75 Å². The van der Waals surface area contributed by atoms with E-state index < -0.39 is 11.5 Å². The minimum atomic E-state index is -0.953. The molecule has 0 radical (unpaired) electrons. The van der Waals surface area contributed by atoms with Gasteiger partial charge in [0.25, 0.3) is 0 Å². The average Bonchev–Trinajstić information content (AvgIpc) is 3.20. The molecule has 2 N–H and O–H groups in total. The molecule has 0 saturated carbocycles. The maximum Gasteiger partial charge on any atom is 0.305 e. The molecule has 0 spiro atoms. The predicted octanol–water partition coefficient (Wildman–Crippen LogP) is 2.16. The third kappa shape index (κ3) is 4.89. The molecule has 1 aromatic carbocycles. The maximum absolute atomic E-state index is 12.4. The first-order valence-corrected chi connectivity index (χ1v) is 9.11. The van der Waals surface area contributed by atoms with Crippen molar-refractivity contribution >= 4 is 11.9 Å². The van der Waals surface area contributed by atoms with Gasteiger partial charge in [-0.1, -0.05) is 17.3 Å². The van der Waals surface area contributed by atoms with Gasteiger partial charge < -0.3 is 24.4 Å². The minimum Gasteiger partial charge on any atom is -0.489 e. The van der Waals surface area contributed by atoms with Crippen molar-refractivity contribution in [3.05, 3.63) is 46.8 Å². The summed E-state index contributed by atoms with van der Waals surface area (Å²) in [7, 11) is 0. The Morgan fingerprint density at radius 3 is 2.61 bits per heavy atom. The van der Waals surface area contributed by atoms with Crippen LogP contribution >= 0.6 is 0 Å². The van der Waals surface area contributed by atoms with Crippen molar-refractivity contribution in [1.82, 2.24) is 10.5 Å². The van der Waals surface area contributed by atoms with Gasteiger partial charge in [-0.05, 0) is 38.0 Å². The van der Waals surface area contributed by atoms with E-state index in [9.17, 15) is 9.59 Å². The number of ether oxygens (including phenoxy) is 2. The second-order valence-electron chi connectivity index (χ2n) is 7.11. The highest BCUT2D eigenvalue weighted by Crippen LogP contribution is 2.23. The summed E-state index contributed by atoms with van der Waals surface area (Å²) in [5.74, 6) is 0.231. The van der Waals surface area contributed by atoms with Gasteiger partial charge in [-0.25, -0.2) is 0 Å². The predicted molar refractivity (Wildman–Crippen MR) is 99.0 cm³/mol. The number of aliphatic carboxylic acids is 1. The molecule has 3 rings (SSSR count). The third-order valence-electron chi connectivity index (χ3n) is 4.85. The molecular formula is C20H24N2O6. The average molecular weight is 388 g/mol. The summed E-state index contributed by atoms with van der Waals surface area (Å²) in [6, 6.07) is 7.23. The van der Waals surface area contributed by atoms with Gasteiger partial charge >= 0.3 is 5.97 Å². The van der Waals surface area contributed by atoms with Crippen molar-refractivity contribution in [3.8, 4) is 5.75 Å². The summed E-state index contributed by atoms with van der Waals surface area (Å²) in [5, 5.41) is 15.8. The summed E-state index contributed by atoms with van der Waals surface area (Å²) in [6.07, 6.45) is 0.512. The summed E-state index contributed by atoms with van der Waals surface area (Å²) in [4.78, 5) is 23.5. The molecular weight excluding hydrogens is 364 g/mol. The van der Waals surface area contributed by atoms with Crippen LogP contribution in [0.15, 0.2) is 28.8 Å². The van der Waals surface area contributed by atoms with E-state index in [1.54, 1.807) is 12.1 Å². The van der Waals surface area contributed by atoms with Crippen LogP contribution in [0.1, 0.15) is 35.4 Å². The van der Waals surface area contributed by atoms with Crippen LogP contribution in [-0.4, -0.2) is 40.9 Å². The van der Waals surface area contributed by atoms with Gasteiger partial charge in [0.1, 0.15) is 18.1 Å². The minimum absolute atomic E-state index is 0.146. The highest BCUT2D eigenvalue weighted by molar-refractivity contribution is 5.80. The Morgan fingerprint density at radius 1 is 1.29 bits per heavy atom. The van der Waals surface area contributed by atoms with Crippen molar-refractivity contribution in [3.63, 3.8) is 0 Å². The van der Waals surface area contributed by atoms with E-state index in [0.717, 1.165) is 22.6 Å². The number of nitrogens with one attached hydrogen (secondary N) is 1. The second kappa shape index (κ2) is 8.43. The second-order valence-corrected chi connectivity index (χ2v) is 7.11. The highest BCUT2D eigenvalue weighted by Gasteiger charge is 2.38. The molecule has 8 heteroatoms. The fourth-order valence-corrected chi connectivity index (χ4v) is 3.27. The van der Waals surface area contributed by atoms with Crippen LogP contribution in [-0.2, 0) is 27.4 Å². The van der Waals surface area contributed by atoms with E-state index in [-0.39, 0.29) is 25.4 Å². The Hall–Kier alpha value is -2.87. The Balaban J connectivity index is 1.55. The Morgan fingerprint density at radius 2 is 2.04 bits per heavy atom. The standard InChI is InChI=1S/C20H24N2O6/c1-13-17(14(2)28-22-13)11-27-16-5-3-15(4-6-16)9-18(23)21-20(10-19(24)25)7-8-26-12-20/h3-6H,7-12H2,1-2H3,(H,21,23)(H,24,25). The number of hydrogen-bond acceptors (Lipinski definition) is 6. The van der Waals surface area contributed by atoms with Gasteiger partial charge in [0, 0.05) is 6.61 Å². The third-order valence-corrected chi connectivity index (χ3v) is 4.85. The first kappa shape index (κ1) is 19.9. The molecule has 1 aliphatic heterocycles. The molecule has 2 heterocycles. The van der Waals surface area contributed by atoms with E-state index in [2.05, 4.69) is 10.5 Å². The number of aromatic nitrogens is 1. The number of benzene rings is 1. The molecule has 150 valence electrons. The van der Waals surface area contributed by atoms with E-state index in [1.165, 1.54) is 0 Å². The smallest absolute Gasteiger partial charge is 0.305 e. The lowest BCUT2D eigenvalue weighted by Gasteiger charge is -2.27. The van der Waals surface area contributed by atoms with Gasteiger partial charge in [0.05, 0.1) is 36.2 Å². The molecule has 1 amide bonds. The van der Waals surface area contributed by atoms with Crippen LogP contribution in [0.25, 0.3) is 0 Å². The molecule has 0 aliphatic carbocycles. The van der Waals surface area contributed by atoms with Crippen LogP contribution in [0.4, 0.5) is 0 Å². The fourth-order valence-electron chi connectivity index (χ4n) is 3.27. The quantitative estimate of drug-likeness (QED) is 0.713. The van der Waals surface area contributed by atoms with Crippen LogP contribution in [0, 0.1) is 13.8 Å². The topological polar surface area (TPSA) is 111 Å². The highest BCUT2D eigenvalue weighted by atomic mass is 16.5. The first-order valence-electron chi connectivity index (χ1n) is 9.11. The van der Waals surface area contributed by atoms with E-state index in [4.69, 9.17) is 19.1 Å². The largest absolute Gasteiger partial charge is 0.489 e. The molecule has 1 aliphatic rings. The van der Waals surface area contributed by atoms with Crippen molar-refractivity contribution in [2.45, 2.75) is 45.3 Å². The van der Waals surface area contributed by atoms with E-state index >= 15 is 0 Å². The number of rotatable bonds is 8. The normalized spacial score (nSPS) is 18.8. The Kier molecular flexibility index (Phi) is 5.99. The van der Waals surface area contributed by atoms with Crippen molar-refractivity contribution in [2.24, 2.45) is 0 Å². The SMILES string of the molecule is Cc1noc(C)c1COc1ccc(CC(=O)NC2(CC(=O)O)CCOC2)cc1. The molecule has 1 atom stereocenters. The number of carbonyl (C=O) groups is 2. The lowest BCUT2D eigenvalue weighted by Crippen LogP contribution is -2.51. The molecule has 0 bridgehead atoms. The maximum atomic E-state index is 12.4. The van der Waals surface area contributed by atoms with E-state index in [0.29, 0.717) is 25.4 Å². The van der Waals surface area contributed by atoms with Gasteiger partial charge in [0.15, 0.2) is 0 Å². The van der Waals surface area contributed by atoms with Gasteiger partial charge in [-0.2, -0.15) is 0 Å². The molecule has 28 heavy (non-hydrogen) atoms. The van der Waals surface area contributed by atoms with E-state index in [1.807, 2.05) is 26.0 Å². The van der Waals surface area contributed by atoms with Crippen LogP contribution in [0.3, 0.4) is 0 Å². The molecule has 1 aromatic heterocycles. The zero-order chi connectivity index (χ0) is 20.1. The molecule has 8 nitrogen and oxygen atoms in total. The number of carbonyl (C=O) groups excluding carboxylic acids is 1.